The SMILES string of the molecule is N#CC1N=CC(NC(=O)C2(NP)CCC2)=CC1C(F)(F)F. The van der Waals surface area contributed by atoms with Crippen LogP contribution in [0.3, 0.4) is 0 Å². The van der Waals surface area contributed by atoms with E-state index in [4.69, 9.17) is 5.26 Å². The third kappa shape index (κ3) is 3.09. The zero-order valence-electron chi connectivity index (χ0n) is 10.9. The minimum atomic E-state index is -4.58. The standard InChI is InChI=1S/C12H14F3N4OP/c13-12(14,15)8-4-7(6-17-9(8)5-16)18-10(20)11(19-21)2-1-3-11/h4,6,8-9,19H,1-3,21H2,(H,18,20). The van der Waals surface area contributed by atoms with Crippen molar-refractivity contribution in [1.29, 1.82) is 5.26 Å². The molecule has 2 N–H and O–H groups in total. The van der Waals surface area contributed by atoms with Crippen LogP contribution in [0.15, 0.2) is 16.8 Å². The van der Waals surface area contributed by atoms with E-state index >= 15 is 0 Å². The second kappa shape index (κ2) is 5.74. The number of carbonyl (C=O) groups is 1. The molecule has 0 aromatic carbocycles. The fourth-order valence-corrected chi connectivity index (χ4v) is 2.68. The highest BCUT2D eigenvalue weighted by molar-refractivity contribution is 7.13. The van der Waals surface area contributed by atoms with Crippen LogP contribution < -0.4 is 10.4 Å². The van der Waals surface area contributed by atoms with Crippen molar-refractivity contribution in [3.05, 3.63) is 11.8 Å². The summed E-state index contributed by atoms with van der Waals surface area (Å²) in [6, 6.07) is -0.00367. The molecule has 114 valence electrons. The van der Waals surface area contributed by atoms with Gasteiger partial charge in [-0.25, -0.2) is 0 Å². The highest BCUT2D eigenvalue weighted by Gasteiger charge is 2.46. The summed E-state index contributed by atoms with van der Waals surface area (Å²) in [6.07, 6.45) is -0.519. The van der Waals surface area contributed by atoms with E-state index in [2.05, 4.69) is 24.8 Å². The molecule has 0 saturated heterocycles. The number of nitrogens with zero attached hydrogens (tertiary/aromatic N) is 2. The van der Waals surface area contributed by atoms with Crippen molar-refractivity contribution in [2.45, 2.75) is 37.0 Å². The van der Waals surface area contributed by atoms with Gasteiger partial charge in [0.05, 0.1) is 11.8 Å². The average molecular weight is 318 g/mol. The number of dihydropyridines is 1. The smallest absolute Gasteiger partial charge is 0.323 e. The number of amides is 1. The molecule has 9 heteroatoms. The van der Waals surface area contributed by atoms with Gasteiger partial charge in [0.15, 0.2) is 6.04 Å². The number of halogens is 3. The highest BCUT2D eigenvalue weighted by Crippen LogP contribution is 2.35. The Kier molecular flexibility index (Phi) is 4.35. The van der Waals surface area contributed by atoms with E-state index in [0.29, 0.717) is 12.8 Å². The topological polar surface area (TPSA) is 77.3 Å². The number of carbonyl (C=O) groups excluding carboxylic acids is 1. The minimum Gasteiger partial charge on any atom is -0.323 e. The van der Waals surface area contributed by atoms with Gasteiger partial charge in [-0.2, -0.15) is 18.4 Å². The zero-order valence-corrected chi connectivity index (χ0v) is 12.1. The molecule has 0 radical (unpaired) electrons. The van der Waals surface area contributed by atoms with Crippen LogP contribution in [0.2, 0.25) is 0 Å². The van der Waals surface area contributed by atoms with Gasteiger partial charge in [0.25, 0.3) is 0 Å². The summed E-state index contributed by atoms with van der Waals surface area (Å²) in [6.45, 7) is 0. The molecule has 5 nitrogen and oxygen atoms in total. The Hall–Kier alpha value is -1.45. The maximum absolute atomic E-state index is 12.9. The molecule has 0 bridgehead atoms. The maximum Gasteiger partial charge on any atom is 0.398 e. The lowest BCUT2D eigenvalue weighted by molar-refractivity contribution is -0.163. The molecule has 2 aliphatic rings. The normalized spacial score (nSPS) is 27.3. The molecule has 21 heavy (non-hydrogen) atoms. The molecule has 3 atom stereocenters. The maximum atomic E-state index is 12.9. The number of aliphatic imine (C=N–C) groups is 1. The summed E-state index contributed by atoms with van der Waals surface area (Å²) in [5.41, 5.74) is -0.778. The first kappa shape index (κ1) is 15.9. The number of hydrogen-bond donors (Lipinski definition) is 2. The number of alkyl halides is 3. The first-order chi connectivity index (χ1) is 9.82. The Morgan fingerprint density at radius 1 is 1.52 bits per heavy atom. The second-order valence-electron chi connectivity index (χ2n) is 5.08. The largest absolute Gasteiger partial charge is 0.398 e. The van der Waals surface area contributed by atoms with Gasteiger partial charge in [-0.1, -0.05) is 9.39 Å². The second-order valence-corrected chi connectivity index (χ2v) is 5.36. The lowest BCUT2D eigenvalue weighted by Gasteiger charge is -2.39. The van der Waals surface area contributed by atoms with Crippen molar-refractivity contribution in [3.63, 3.8) is 0 Å². The summed E-state index contributed by atoms with van der Waals surface area (Å²) in [7, 11) is 2.26. The van der Waals surface area contributed by atoms with E-state index < -0.39 is 29.6 Å². The Labute approximate surface area is 121 Å². The lowest BCUT2D eigenvalue weighted by Crippen LogP contribution is -2.58. The molecule has 1 aliphatic heterocycles. The summed E-state index contributed by atoms with van der Waals surface area (Å²) >= 11 is 0. The van der Waals surface area contributed by atoms with Crippen LogP contribution in [0.1, 0.15) is 19.3 Å². The fraction of sp³-hybridized carbons (Fsp3) is 0.583. The Morgan fingerprint density at radius 3 is 2.62 bits per heavy atom. The van der Waals surface area contributed by atoms with Crippen molar-refractivity contribution in [3.8, 4) is 6.07 Å². The molecule has 1 fully saturated rings. The van der Waals surface area contributed by atoms with Gasteiger partial charge < -0.3 is 5.32 Å². The van der Waals surface area contributed by atoms with Crippen molar-refractivity contribution in [1.82, 2.24) is 10.4 Å². The van der Waals surface area contributed by atoms with E-state index in [1.165, 1.54) is 6.07 Å². The van der Waals surface area contributed by atoms with Gasteiger partial charge in [0.1, 0.15) is 11.5 Å². The molecule has 2 rings (SSSR count). The molecule has 3 unspecified atom stereocenters. The number of hydrogen-bond acceptors (Lipinski definition) is 4. The van der Waals surface area contributed by atoms with Crippen LogP contribution in [0, 0.1) is 17.2 Å². The van der Waals surface area contributed by atoms with Gasteiger partial charge in [-0.3, -0.25) is 14.9 Å². The van der Waals surface area contributed by atoms with Crippen LogP contribution >= 0.6 is 9.39 Å². The third-order valence-electron chi connectivity index (χ3n) is 3.76. The molecule has 1 aliphatic carbocycles. The van der Waals surface area contributed by atoms with Gasteiger partial charge in [0.2, 0.25) is 5.91 Å². The van der Waals surface area contributed by atoms with E-state index in [1.807, 2.05) is 0 Å². The summed E-state index contributed by atoms with van der Waals surface area (Å²) in [5, 5.41) is 14.0. The Morgan fingerprint density at radius 2 is 2.19 bits per heavy atom. The highest BCUT2D eigenvalue weighted by atomic mass is 31.0. The summed E-state index contributed by atoms with van der Waals surface area (Å²) in [5.74, 6) is -2.40. The van der Waals surface area contributed by atoms with E-state index in [9.17, 15) is 18.0 Å². The van der Waals surface area contributed by atoms with Crippen LogP contribution in [-0.2, 0) is 4.79 Å². The number of nitriles is 1. The fourth-order valence-electron chi connectivity index (χ4n) is 2.26. The van der Waals surface area contributed by atoms with E-state index in [0.717, 1.165) is 18.7 Å². The summed E-state index contributed by atoms with van der Waals surface area (Å²) in [4.78, 5) is 15.7. The molecule has 0 spiro atoms. The van der Waals surface area contributed by atoms with Crippen LogP contribution in [0.4, 0.5) is 13.2 Å². The Balaban J connectivity index is 2.14. The van der Waals surface area contributed by atoms with Crippen molar-refractivity contribution in [2.24, 2.45) is 10.9 Å². The molecule has 0 aromatic rings. The molecule has 1 amide bonds. The van der Waals surface area contributed by atoms with Crippen LogP contribution in [0.25, 0.3) is 0 Å². The molecular formula is C12H14F3N4OP. The summed E-state index contributed by atoms with van der Waals surface area (Å²) < 4.78 is 38.6. The van der Waals surface area contributed by atoms with E-state index in [-0.39, 0.29) is 5.70 Å². The van der Waals surface area contributed by atoms with Crippen molar-refractivity contribution < 1.29 is 18.0 Å². The Bertz CT molecular complexity index is 528. The van der Waals surface area contributed by atoms with Crippen molar-refractivity contribution in [2.75, 3.05) is 0 Å². The first-order valence-electron chi connectivity index (χ1n) is 6.33. The first-order valence-corrected chi connectivity index (χ1v) is 6.91. The van der Waals surface area contributed by atoms with Gasteiger partial charge in [-0.15, -0.1) is 0 Å². The zero-order chi connectivity index (χ0) is 15.7. The molecule has 0 aromatic heterocycles. The number of rotatable bonds is 3. The minimum absolute atomic E-state index is 0.0275. The van der Waals surface area contributed by atoms with Gasteiger partial charge >= 0.3 is 6.18 Å². The van der Waals surface area contributed by atoms with Crippen LogP contribution in [-0.4, -0.2) is 29.9 Å². The third-order valence-corrected chi connectivity index (χ3v) is 4.31. The van der Waals surface area contributed by atoms with Crippen molar-refractivity contribution >= 4 is 21.5 Å². The quantitative estimate of drug-likeness (QED) is 0.773. The number of nitrogens with one attached hydrogen (secondary N) is 2. The predicted molar refractivity (Wildman–Crippen MR) is 73.1 cm³/mol. The van der Waals surface area contributed by atoms with Gasteiger partial charge in [-0.05, 0) is 25.3 Å². The predicted octanol–water partition coefficient (Wildman–Crippen LogP) is 1.44. The lowest BCUT2D eigenvalue weighted by atomic mass is 9.77. The number of allylic oxidation sites excluding steroid dienone is 1. The van der Waals surface area contributed by atoms with Gasteiger partial charge in [0, 0.05) is 6.21 Å². The molecule has 1 saturated carbocycles. The van der Waals surface area contributed by atoms with E-state index in [1.54, 1.807) is 0 Å². The molecule has 1 heterocycles. The molecular weight excluding hydrogens is 304 g/mol. The monoisotopic (exact) mass is 318 g/mol. The average Bonchev–Trinajstić information content (AvgIpc) is 2.37. The van der Waals surface area contributed by atoms with Crippen LogP contribution in [0.5, 0.6) is 0 Å².